The van der Waals surface area contributed by atoms with Gasteiger partial charge in [-0.05, 0) is 77.2 Å². The third-order valence-corrected chi connectivity index (χ3v) is 8.67. The molecule has 8 rings (SSSR count). The molecule has 3 aromatic heterocycles. The van der Waals surface area contributed by atoms with Crippen molar-refractivity contribution in [1.82, 2.24) is 14.4 Å². The monoisotopic (exact) mass is 605 g/mol. The second kappa shape index (κ2) is 11.9. The molecule has 0 fully saturated rings. The molecular formula is C43H31N3O. The van der Waals surface area contributed by atoms with Crippen molar-refractivity contribution in [3.63, 3.8) is 0 Å². The van der Waals surface area contributed by atoms with E-state index < -0.39 is 0 Å². The lowest BCUT2D eigenvalue weighted by Gasteiger charge is -2.14. The second-order valence-corrected chi connectivity index (χ2v) is 11.7. The minimum Gasteiger partial charge on any atom is -0.507 e. The molecule has 0 spiro atoms. The Bertz CT molecular complexity index is 2380. The predicted octanol–water partition coefficient (Wildman–Crippen LogP) is 10.7. The molecule has 1 N–H and O–H groups in total. The van der Waals surface area contributed by atoms with Gasteiger partial charge in [0, 0.05) is 28.5 Å². The maximum atomic E-state index is 11.3. The fraction of sp³-hybridized carbons (Fsp3) is 0.0233. The van der Waals surface area contributed by atoms with Crippen LogP contribution in [0.3, 0.4) is 0 Å². The molecule has 5 aromatic carbocycles. The molecule has 0 bridgehead atoms. The number of nitrogens with zero attached hydrogens (tertiary/aromatic N) is 3. The van der Waals surface area contributed by atoms with Gasteiger partial charge in [-0.25, -0.2) is 9.97 Å². The lowest BCUT2D eigenvalue weighted by Crippen LogP contribution is -1.94. The van der Waals surface area contributed by atoms with Crippen molar-refractivity contribution in [2.75, 3.05) is 0 Å². The number of aromatic nitrogens is 3. The SMILES string of the molecule is Cc1ccccc1-c1cc(-c2cccc(-c3nc4ccccn4c3-c3ccccc3)c2)nc(-c2ccc(-c3ccccc3)cc2O)c1. The average Bonchev–Trinajstić information content (AvgIpc) is 3.52. The van der Waals surface area contributed by atoms with Gasteiger partial charge in [0.15, 0.2) is 0 Å². The van der Waals surface area contributed by atoms with Crippen molar-refractivity contribution in [3.8, 4) is 73.0 Å². The van der Waals surface area contributed by atoms with Gasteiger partial charge in [-0.3, -0.25) is 4.40 Å². The van der Waals surface area contributed by atoms with Crippen molar-refractivity contribution in [2.24, 2.45) is 0 Å². The highest BCUT2D eigenvalue weighted by atomic mass is 16.3. The topological polar surface area (TPSA) is 50.4 Å². The minimum absolute atomic E-state index is 0.192. The van der Waals surface area contributed by atoms with E-state index in [-0.39, 0.29) is 5.75 Å². The van der Waals surface area contributed by atoms with Crippen molar-refractivity contribution in [2.45, 2.75) is 6.92 Å². The van der Waals surface area contributed by atoms with E-state index in [2.05, 4.69) is 102 Å². The van der Waals surface area contributed by atoms with Gasteiger partial charge >= 0.3 is 0 Å². The standard InChI is InChI=1S/C43H31N3O/c1-29-13-8-9-20-36(29)35-26-38(44-39(27-35)37-23-22-32(28-40(37)47)30-14-4-2-5-15-30)33-18-12-19-34(25-33)42-43(31-16-6-3-7-17-31)46-24-11-10-21-41(46)45-42/h2-28,47H,1H3. The number of hydrogen-bond acceptors (Lipinski definition) is 3. The molecule has 4 nitrogen and oxygen atoms in total. The normalized spacial score (nSPS) is 11.2. The van der Waals surface area contributed by atoms with Gasteiger partial charge in [-0.15, -0.1) is 0 Å². The Kier molecular flexibility index (Phi) is 7.16. The molecule has 0 unspecified atom stereocenters. The molecule has 0 saturated carbocycles. The largest absolute Gasteiger partial charge is 0.507 e. The van der Waals surface area contributed by atoms with Crippen LogP contribution in [0.15, 0.2) is 164 Å². The van der Waals surface area contributed by atoms with Crippen molar-refractivity contribution in [3.05, 3.63) is 169 Å². The first-order valence-corrected chi connectivity index (χ1v) is 15.7. The first kappa shape index (κ1) is 28.2. The quantitative estimate of drug-likeness (QED) is 0.205. The summed E-state index contributed by atoms with van der Waals surface area (Å²) in [6.45, 7) is 2.12. The van der Waals surface area contributed by atoms with E-state index >= 15 is 0 Å². The van der Waals surface area contributed by atoms with Crippen LogP contribution in [-0.4, -0.2) is 19.5 Å². The summed E-state index contributed by atoms with van der Waals surface area (Å²) in [4.78, 5) is 10.3. The Hall–Kier alpha value is -6.26. The van der Waals surface area contributed by atoms with Crippen LogP contribution < -0.4 is 0 Å². The Morgan fingerprint density at radius 1 is 0.468 bits per heavy atom. The number of imidazole rings is 1. The summed E-state index contributed by atoms with van der Waals surface area (Å²) in [6, 6.07) is 53.4. The number of benzene rings is 5. The Labute approximate surface area is 273 Å². The van der Waals surface area contributed by atoms with E-state index in [1.165, 1.54) is 5.56 Å². The fourth-order valence-electron chi connectivity index (χ4n) is 6.32. The number of aromatic hydroxyl groups is 1. The van der Waals surface area contributed by atoms with Crippen LogP contribution in [0.5, 0.6) is 5.75 Å². The smallest absolute Gasteiger partial charge is 0.137 e. The zero-order chi connectivity index (χ0) is 31.7. The molecule has 0 saturated heterocycles. The molecule has 0 atom stereocenters. The fourth-order valence-corrected chi connectivity index (χ4v) is 6.32. The maximum absolute atomic E-state index is 11.3. The van der Waals surface area contributed by atoms with Crippen LogP contribution in [0.1, 0.15) is 5.56 Å². The maximum Gasteiger partial charge on any atom is 0.137 e. The Balaban J connectivity index is 1.29. The minimum atomic E-state index is 0.192. The average molecular weight is 606 g/mol. The second-order valence-electron chi connectivity index (χ2n) is 11.7. The van der Waals surface area contributed by atoms with E-state index in [1.807, 2.05) is 72.8 Å². The van der Waals surface area contributed by atoms with Crippen LogP contribution in [0.2, 0.25) is 0 Å². The summed E-state index contributed by atoms with van der Waals surface area (Å²) >= 11 is 0. The van der Waals surface area contributed by atoms with E-state index in [0.717, 1.165) is 61.7 Å². The molecule has 0 radical (unpaired) electrons. The summed E-state index contributed by atoms with van der Waals surface area (Å²) in [6.07, 6.45) is 2.06. The molecule has 8 aromatic rings. The number of aryl methyl sites for hydroxylation is 1. The van der Waals surface area contributed by atoms with E-state index in [0.29, 0.717) is 11.3 Å². The molecule has 47 heavy (non-hydrogen) atoms. The third kappa shape index (κ3) is 5.36. The van der Waals surface area contributed by atoms with E-state index in [9.17, 15) is 5.11 Å². The van der Waals surface area contributed by atoms with Crippen molar-refractivity contribution >= 4 is 5.65 Å². The predicted molar refractivity (Wildman–Crippen MR) is 192 cm³/mol. The first-order chi connectivity index (χ1) is 23.1. The highest BCUT2D eigenvalue weighted by Gasteiger charge is 2.18. The molecule has 0 aliphatic heterocycles. The van der Waals surface area contributed by atoms with Gasteiger partial charge in [0.25, 0.3) is 0 Å². The van der Waals surface area contributed by atoms with Gasteiger partial charge in [0.05, 0.1) is 22.8 Å². The summed E-state index contributed by atoms with van der Waals surface area (Å²) in [7, 11) is 0. The number of fused-ring (bicyclic) bond motifs is 1. The van der Waals surface area contributed by atoms with Crippen LogP contribution in [-0.2, 0) is 0 Å². The Morgan fingerprint density at radius 2 is 1.15 bits per heavy atom. The molecular weight excluding hydrogens is 574 g/mol. The first-order valence-electron chi connectivity index (χ1n) is 15.7. The van der Waals surface area contributed by atoms with Crippen molar-refractivity contribution < 1.29 is 5.11 Å². The molecule has 4 heteroatoms. The van der Waals surface area contributed by atoms with Crippen LogP contribution >= 0.6 is 0 Å². The van der Waals surface area contributed by atoms with Crippen molar-refractivity contribution in [1.29, 1.82) is 0 Å². The van der Waals surface area contributed by atoms with Gasteiger partial charge in [0.1, 0.15) is 11.4 Å². The van der Waals surface area contributed by atoms with Gasteiger partial charge in [-0.1, -0.05) is 115 Å². The number of pyridine rings is 2. The van der Waals surface area contributed by atoms with Gasteiger partial charge in [0.2, 0.25) is 0 Å². The molecule has 3 heterocycles. The summed E-state index contributed by atoms with van der Waals surface area (Å²) < 4.78 is 2.15. The van der Waals surface area contributed by atoms with Gasteiger partial charge < -0.3 is 5.11 Å². The highest BCUT2D eigenvalue weighted by molar-refractivity contribution is 5.85. The van der Waals surface area contributed by atoms with E-state index in [4.69, 9.17) is 9.97 Å². The number of hydrogen-bond donors (Lipinski definition) is 1. The number of phenolic OH excluding ortho intramolecular Hbond substituents is 1. The van der Waals surface area contributed by atoms with Crippen LogP contribution in [0.4, 0.5) is 0 Å². The van der Waals surface area contributed by atoms with E-state index in [1.54, 1.807) is 0 Å². The number of rotatable bonds is 6. The lowest BCUT2D eigenvalue weighted by molar-refractivity contribution is 0.477. The molecule has 0 aliphatic rings. The summed E-state index contributed by atoms with van der Waals surface area (Å²) in [5, 5.41) is 11.3. The molecule has 0 amide bonds. The summed E-state index contributed by atoms with van der Waals surface area (Å²) in [5.41, 5.74) is 13.5. The molecule has 0 aliphatic carbocycles. The van der Waals surface area contributed by atoms with Crippen LogP contribution in [0.25, 0.3) is 72.9 Å². The highest BCUT2D eigenvalue weighted by Crippen LogP contribution is 2.39. The third-order valence-electron chi connectivity index (χ3n) is 8.67. The zero-order valence-corrected chi connectivity index (χ0v) is 25.9. The lowest BCUT2D eigenvalue weighted by atomic mass is 9.95. The number of phenols is 1. The van der Waals surface area contributed by atoms with Gasteiger partial charge in [-0.2, -0.15) is 0 Å². The molecule has 224 valence electrons. The zero-order valence-electron chi connectivity index (χ0n) is 25.9. The van der Waals surface area contributed by atoms with Crippen LogP contribution in [0, 0.1) is 6.92 Å². The summed E-state index contributed by atoms with van der Waals surface area (Å²) in [5.74, 6) is 0.192. The Morgan fingerprint density at radius 3 is 1.94 bits per heavy atom.